The molecule has 5 heteroatoms. The van der Waals surface area contributed by atoms with Crippen LogP contribution in [0.5, 0.6) is 5.75 Å². The number of hydrogen-bond acceptors (Lipinski definition) is 4. The number of para-hydroxylation sites is 2. The second kappa shape index (κ2) is 6.48. The zero-order valence-electron chi connectivity index (χ0n) is 8.39. The molecule has 0 aliphatic heterocycles. The Morgan fingerprint density at radius 2 is 1.57 bits per heavy atom. The van der Waals surface area contributed by atoms with Crippen molar-refractivity contribution in [1.82, 2.24) is 0 Å². The lowest BCUT2D eigenvalue weighted by Gasteiger charge is -2.19. The van der Waals surface area contributed by atoms with Gasteiger partial charge >= 0.3 is 0 Å². The molecule has 0 heterocycles. The minimum Gasteiger partial charge on any atom is -0.494 e. The van der Waals surface area contributed by atoms with E-state index in [0.29, 0.717) is 5.75 Å². The van der Waals surface area contributed by atoms with Gasteiger partial charge in [-0.1, -0.05) is 12.1 Å². The van der Waals surface area contributed by atoms with E-state index in [4.69, 9.17) is 14.4 Å². The highest BCUT2D eigenvalue weighted by Gasteiger charge is 2.09. The molecule has 0 atom stereocenters. The van der Waals surface area contributed by atoms with Gasteiger partial charge in [0.15, 0.2) is 0 Å². The SMILES string of the molecule is COc1ccccc1N(OC)OC.Cl. The molecule has 0 aromatic heterocycles. The molecule has 0 unspecified atom stereocenters. The summed E-state index contributed by atoms with van der Waals surface area (Å²) in [5, 5.41) is 1.28. The van der Waals surface area contributed by atoms with Crippen LogP contribution >= 0.6 is 12.4 Å². The smallest absolute Gasteiger partial charge is 0.147 e. The zero-order chi connectivity index (χ0) is 9.68. The van der Waals surface area contributed by atoms with Crippen molar-refractivity contribution in [1.29, 1.82) is 0 Å². The Hall–Kier alpha value is -0.970. The van der Waals surface area contributed by atoms with Gasteiger partial charge in [0.1, 0.15) is 11.4 Å². The van der Waals surface area contributed by atoms with Crippen LogP contribution in [0.15, 0.2) is 24.3 Å². The van der Waals surface area contributed by atoms with E-state index < -0.39 is 0 Å². The van der Waals surface area contributed by atoms with Crippen molar-refractivity contribution in [3.63, 3.8) is 0 Å². The highest BCUT2D eigenvalue weighted by atomic mass is 35.5. The quantitative estimate of drug-likeness (QED) is 0.726. The molecule has 14 heavy (non-hydrogen) atoms. The maximum absolute atomic E-state index is 5.13. The number of halogens is 1. The van der Waals surface area contributed by atoms with Crippen LogP contribution in [0.25, 0.3) is 0 Å². The molecule has 1 aromatic rings. The molecule has 0 spiro atoms. The number of nitrogens with zero attached hydrogens (tertiary/aromatic N) is 1. The van der Waals surface area contributed by atoms with E-state index >= 15 is 0 Å². The first-order valence-electron chi connectivity index (χ1n) is 3.84. The molecule has 0 saturated carbocycles. The second-order valence-electron chi connectivity index (χ2n) is 2.29. The van der Waals surface area contributed by atoms with Gasteiger partial charge in [0.2, 0.25) is 0 Å². The second-order valence-corrected chi connectivity index (χ2v) is 2.29. The Morgan fingerprint density at radius 1 is 1.00 bits per heavy atom. The number of methoxy groups -OCH3 is 1. The van der Waals surface area contributed by atoms with Crippen LogP contribution in [0, 0.1) is 0 Å². The lowest BCUT2D eigenvalue weighted by atomic mass is 10.3. The summed E-state index contributed by atoms with van der Waals surface area (Å²) in [7, 11) is 4.65. The van der Waals surface area contributed by atoms with Gasteiger partial charge in [-0.25, -0.2) is 0 Å². The Labute approximate surface area is 89.7 Å². The van der Waals surface area contributed by atoms with E-state index in [2.05, 4.69) is 0 Å². The molecule has 0 aliphatic carbocycles. The fourth-order valence-corrected chi connectivity index (χ4v) is 1.05. The molecule has 0 fully saturated rings. The van der Waals surface area contributed by atoms with Gasteiger partial charge < -0.3 is 4.74 Å². The van der Waals surface area contributed by atoms with E-state index in [1.807, 2.05) is 24.3 Å². The molecule has 0 amide bonds. The largest absolute Gasteiger partial charge is 0.494 e. The van der Waals surface area contributed by atoms with Crippen LogP contribution in [0.3, 0.4) is 0 Å². The van der Waals surface area contributed by atoms with Gasteiger partial charge in [0, 0.05) is 0 Å². The standard InChI is InChI=1S/C9H13NO3.ClH/c1-11-9-7-5-4-6-8(9)10(12-2)13-3;/h4-7H,1-3H3;1H. The van der Waals surface area contributed by atoms with Crippen molar-refractivity contribution in [3.05, 3.63) is 24.3 Å². The van der Waals surface area contributed by atoms with E-state index in [0.717, 1.165) is 5.69 Å². The summed E-state index contributed by atoms with van der Waals surface area (Å²) >= 11 is 0. The third-order valence-electron chi connectivity index (χ3n) is 1.61. The van der Waals surface area contributed by atoms with E-state index in [1.165, 1.54) is 19.4 Å². The van der Waals surface area contributed by atoms with Crippen LogP contribution in [0.1, 0.15) is 0 Å². The monoisotopic (exact) mass is 219 g/mol. The molecule has 4 nitrogen and oxygen atoms in total. The van der Waals surface area contributed by atoms with E-state index in [1.54, 1.807) is 7.11 Å². The van der Waals surface area contributed by atoms with Crippen molar-refractivity contribution in [2.24, 2.45) is 0 Å². The fourth-order valence-electron chi connectivity index (χ4n) is 1.05. The van der Waals surface area contributed by atoms with Gasteiger partial charge in [-0.3, -0.25) is 9.68 Å². The fraction of sp³-hybridized carbons (Fsp3) is 0.333. The van der Waals surface area contributed by atoms with Crippen molar-refractivity contribution in [3.8, 4) is 5.75 Å². The number of ether oxygens (including phenoxy) is 1. The Kier molecular flexibility index (Phi) is 6.03. The normalized spacial score (nSPS) is 9.07. The zero-order valence-corrected chi connectivity index (χ0v) is 9.21. The predicted molar refractivity (Wildman–Crippen MR) is 56.7 cm³/mol. The van der Waals surface area contributed by atoms with E-state index in [-0.39, 0.29) is 12.4 Å². The Morgan fingerprint density at radius 3 is 2.07 bits per heavy atom. The lowest BCUT2D eigenvalue weighted by molar-refractivity contribution is -0.0441. The third kappa shape index (κ3) is 2.77. The summed E-state index contributed by atoms with van der Waals surface area (Å²) in [4.78, 5) is 9.92. The molecule has 1 aromatic carbocycles. The van der Waals surface area contributed by atoms with Crippen molar-refractivity contribution in [2.75, 3.05) is 26.6 Å². The number of benzene rings is 1. The Balaban J connectivity index is 0.00000169. The van der Waals surface area contributed by atoms with E-state index in [9.17, 15) is 0 Å². The molecule has 0 aliphatic rings. The highest BCUT2D eigenvalue weighted by Crippen LogP contribution is 2.27. The van der Waals surface area contributed by atoms with Crippen LogP contribution in [0.2, 0.25) is 0 Å². The van der Waals surface area contributed by atoms with Gasteiger partial charge in [-0.2, -0.15) is 0 Å². The van der Waals surface area contributed by atoms with Crippen LogP contribution < -0.4 is 9.96 Å². The van der Waals surface area contributed by atoms with Crippen molar-refractivity contribution >= 4 is 18.1 Å². The number of rotatable bonds is 4. The summed E-state index contributed by atoms with van der Waals surface area (Å²) in [6, 6.07) is 7.43. The summed E-state index contributed by atoms with van der Waals surface area (Å²) in [5.74, 6) is 0.700. The minimum atomic E-state index is 0. The molecule has 0 radical (unpaired) electrons. The minimum absolute atomic E-state index is 0. The number of anilines is 1. The Bertz CT molecular complexity index is 266. The molecule has 0 N–H and O–H groups in total. The van der Waals surface area contributed by atoms with Crippen LogP contribution in [-0.2, 0) is 9.68 Å². The van der Waals surface area contributed by atoms with Crippen molar-refractivity contribution in [2.45, 2.75) is 0 Å². The van der Waals surface area contributed by atoms with Gasteiger partial charge in [-0.05, 0) is 12.1 Å². The maximum atomic E-state index is 5.13. The molecule has 0 saturated heterocycles. The first kappa shape index (κ1) is 13.0. The molecule has 1 rings (SSSR count). The average Bonchev–Trinajstić information content (AvgIpc) is 2.20. The predicted octanol–water partition coefficient (Wildman–Crippen LogP) is 2.05. The average molecular weight is 220 g/mol. The summed E-state index contributed by atoms with van der Waals surface area (Å²) < 4.78 is 5.13. The van der Waals surface area contributed by atoms with Crippen LogP contribution in [-0.4, -0.2) is 21.3 Å². The molecular weight excluding hydrogens is 206 g/mol. The maximum Gasteiger partial charge on any atom is 0.147 e. The molecular formula is C9H14ClNO3. The summed E-state index contributed by atoms with van der Waals surface area (Å²) in [5.41, 5.74) is 0.731. The molecule has 0 bridgehead atoms. The third-order valence-corrected chi connectivity index (χ3v) is 1.61. The lowest BCUT2D eigenvalue weighted by Crippen LogP contribution is -2.20. The van der Waals surface area contributed by atoms with Gasteiger partial charge in [0.05, 0.1) is 21.3 Å². The van der Waals surface area contributed by atoms with Crippen molar-refractivity contribution < 1.29 is 14.4 Å². The van der Waals surface area contributed by atoms with Gasteiger partial charge in [0.25, 0.3) is 0 Å². The summed E-state index contributed by atoms with van der Waals surface area (Å²) in [6.45, 7) is 0. The highest BCUT2D eigenvalue weighted by molar-refractivity contribution is 5.85. The summed E-state index contributed by atoms with van der Waals surface area (Å²) in [6.07, 6.45) is 0. The molecule has 80 valence electrons. The first-order chi connectivity index (χ1) is 6.33. The van der Waals surface area contributed by atoms with Gasteiger partial charge in [-0.15, -0.1) is 17.6 Å². The first-order valence-corrected chi connectivity index (χ1v) is 3.84. The number of hydrogen-bond donors (Lipinski definition) is 0. The topological polar surface area (TPSA) is 30.9 Å². The van der Waals surface area contributed by atoms with Crippen LogP contribution in [0.4, 0.5) is 5.69 Å².